The lowest BCUT2D eigenvalue weighted by atomic mass is 9.95. The van der Waals surface area contributed by atoms with E-state index in [4.69, 9.17) is 5.11 Å². The molecule has 15 heavy (non-hydrogen) atoms. The molecular formula is C13H20O2. The molecule has 1 aromatic carbocycles. The van der Waals surface area contributed by atoms with Crippen LogP contribution in [0.25, 0.3) is 0 Å². The number of benzene rings is 1. The maximum absolute atomic E-state index is 9.81. The maximum atomic E-state index is 9.81. The van der Waals surface area contributed by atoms with E-state index in [2.05, 4.69) is 12.1 Å². The minimum Gasteiger partial charge on any atom is -0.396 e. The Bertz CT molecular complexity index is 254. The van der Waals surface area contributed by atoms with Crippen LogP contribution in [0.2, 0.25) is 0 Å². The molecule has 2 N–H and O–H groups in total. The topological polar surface area (TPSA) is 40.5 Å². The zero-order chi connectivity index (χ0) is 11.1. The Morgan fingerprint density at radius 2 is 1.87 bits per heavy atom. The highest BCUT2D eigenvalue weighted by Crippen LogP contribution is 2.14. The summed E-state index contributed by atoms with van der Waals surface area (Å²) in [6.07, 6.45) is 2.04. The zero-order valence-corrected chi connectivity index (χ0v) is 9.26. The van der Waals surface area contributed by atoms with Crippen LogP contribution in [0.3, 0.4) is 0 Å². The van der Waals surface area contributed by atoms with Gasteiger partial charge in [0.25, 0.3) is 0 Å². The van der Waals surface area contributed by atoms with Gasteiger partial charge < -0.3 is 10.2 Å². The summed E-state index contributed by atoms with van der Waals surface area (Å²) in [5.74, 6) is 0.0220. The third-order valence-corrected chi connectivity index (χ3v) is 2.87. The number of rotatable bonds is 6. The van der Waals surface area contributed by atoms with E-state index in [-0.39, 0.29) is 18.6 Å². The van der Waals surface area contributed by atoms with Gasteiger partial charge in [-0.25, -0.2) is 0 Å². The second-order valence-electron chi connectivity index (χ2n) is 3.94. The summed E-state index contributed by atoms with van der Waals surface area (Å²) in [6, 6.07) is 10.1. The van der Waals surface area contributed by atoms with E-state index < -0.39 is 0 Å². The monoisotopic (exact) mass is 208 g/mol. The molecule has 84 valence electrons. The Kier molecular flexibility index (Phi) is 5.37. The molecule has 2 nitrogen and oxygen atoms in total. The largest absolute Gasteiger partial charge is 0.396 e. The van der Waals surface area contributed by atoms with Crippen LogP contribution in [-0.2, 0) is 6.42 Å². The van der Waals surface area contributed by atoms with Crippen LogP contribution in [0.15, 0.2) is 30.3 Å². The molecule has 2 heteroatoms. The van der Waals surface area contributed by atoms with Crippen molar-refractivity contribution in [2.45, 2.75) is 32.3 Å². The van der Waals surface area contributed by atoms with Crippen LogP contribution in [0.4, 0.5) is 0 Å². The fourth-order valence-electron chi connectivity index (χ4n) is 1.72. The highest BCUT2D eigenvalue weighted by molar-refractivity contribution is 5.14. The van der Waals surface area contributed by atoms with Crippen molar-refractivity contribution in [3.8, 4) is 0 Å². The van der Waals surface area contributed by atoms with Gasteiger partial charge in [-0.15, -0.1) is 0 Å². The van der Waals surface area contributed by atoms with Crippen molar-refractivity contribution in [3.63, 3.8) is 0 Å². The van der Waals surface area contributed by atoms with Crippen LogP contribution < -0.4 is 0 Å². The first kappa shape index (κ1) is 12.2. The Labute approximate surface area is 91.6 Å². The second kappa shape index (κ2) is 6.59. The zero-order valence-electron chi connectivity index (χ0n) is 9.26. The number of hydrogen-bond donors (Lipinski definition) is 2. The van der Waals surface area contributed by atoms with Crippen molar-refractivity contribution in [1.29, 1.82) is 0 Å². The van der Waals surface area contributed by atoms with Crippen molar-refractivity contribution >= 4 is 0 Å². The first-order valence-corrected chi connectivity index (χ1v) is 5.60. The molecule has 0 aliphatic heterocycles. The summed E-state index contributed by atoms with van der Waals surface area (Å²) in [4.78, 5) is 0. The molecule has 2 unspecified atom stereocenters. The molecule has 1 aromatic rings. The maximum Gasteiger partial charge on any atom is 0.0593 e. The van der Waals surface area contributed by atoms with E-state index in [1.165, 1.54) is 5.56 Å². The van der Waals surface area contributed by atoms with Crippen molar-refractivity contribution in [1.82, 2.24) is 0 Å². The van der Waals surface area contributed by atoms with E-state index in [0.29, 0.717) is 0 Å². The molecule has 1 rings (SSSR count). The van der Waals surface area contributed by atoms with Gasteiger partial charge in [0.1, 0.15) is 0 Å². The normalized spacial score (nSPS) is 14.9. The van der Waals surface area contributed by atoms with E-state index in [0.717, 1.165) is 19.3 Å². The molecule has 0 saturated carbocycles. The van der Waals surface area contributed by atoms with Crippen molar-refractivity contribution in [2.75, 3.05) is 6.61 Å². The summed E-state index contributed by atoms with van der Waals surface area (Å²) in [5, 5.41) is 18.8. The first-order valence-electron chi connectivity index (χ1n) is 5.60. The number of aryl methyl sites for hydroxylation is 1. The smallest absolute Gasteiger partial charge is 0.0593 e. The molecule has 0 heterocycles. The molecule has 0 fully saturated rings. The van der Waals surface area contributed by atoms with Gasteiger partial charge in [-0.1, -0.05) is 37.3 Å². The Morgan fingerprint density at radius 3 is 2.40 bits per heavy atom. The minimum absolute atomic E-state index is 0.0220. The summed E-state index contributed by atoms with van der Waals surface area (Å²) >= 11 is 0. The SMILES string of the molecule is CCC(CO)C(O)CCc1ccccc1. The molecule has 0 saturated heterocycles. The van der Waals surface area contributed by atoms with E-state index >= 15 is 0 Å². The van der Waals surface area contributed by atoms with Gasteiger partial charge in [0.15, 0.2) is 0 Å². The number of aliphatic hydroxyl groups is 2. The lowest BCUT2D eigenvalue weighted by molar-refractivity contribution is 0.0591. The van der Waals surface area contributed by atoms with Gasteiger partial charge in [-0.2, -0.15) is 0 Å². The Hall–Kier alpha value is -0.860. The molecule has 0 bridgehead atoms. The average Bonchev–Trinajstić information content (AvgIpc) is 2.29. The highest BCUT2D eigenvalue weighted by Gasteiger charge is 2.15. The van der Waals surface area contributed by atoms with Crippen LogP contribution >= 0.6 is 0 Å². The van der Waals surface area contributed by atoms with Crippen molar-refractivity contribution in [3.05, 3.63) is 35.9 Å². The highest BCUT2D eigenvalue weighted by atomic mass is 16.3. The van der Waals surface area contributed by atoms with Crippen LogP contribution in [-0.4, -0.2) is 22.9 Å². The average molecular weight is 208 g/mol. The Balaban J connectivity index is 2.36. The molecule has 0 amide bonds. The predicted octanol–water partition coefficient (Wildman–Crippen LogP) is 2.00. The molecule has 0 spiro atoms. The molecular weight excluding hydrogens is 188 g/mol. The molecule has 0 aliphatic rings. The number of aliphatic hydroxyl groups excluding tert-OH is 2. The standard InChI is InChI=1S/C13H20O2/c1-2-12(10-14)13(15)9-8-11-6-4-3-5-7-11/h3-7,12-15H,2,8-10H2,1H3. The van der Waals surface area contributed by atoms with E-state index in [1.807, 2.05) is 25.1 Å². The molecule has 2 atom stereocenters. The summed E-state index contributed by atoms with van der Waals surface area (Å²) in [6.45, 7) is 2.07. The van der Waals surface area contributed by atoms with E-state index in [1.54, 1.807) is 0 Å². The Morgan fingerprint density at radius 1 is 1.20 bits per heavy atom. The van der Waals surface area contributed by atoms with Gasteiger partial charge in [-0.3, -0.25) is 0 Å². The number of hydrogen-bond acceptors (Lipinski definition) is 2. The summed E-state index contributed by atoms with van der Waals surface area (Å²) < 4.78 is 0. The quantitative estimate of drug-likeness (QED) is 0.750. The van der Waals surface area contributed by atoms with Crippen LogP contribution in [0, 0.1) is 5.92 Å². The predicted molar refractivity (Wildman–Crippen MR) is 61.6 cm³/mol. The van der Waals surface area contributed by atoms with E-state index in [9.17, 15) is 5.11 Å². The summed E-state index contributed by atoms with van der Waals surface area (Å²) in [5.41, 5.74) is 1.24. The first-order chi connectivity index (χ1) is 7.27. The minimum atomic E-state index is -0.389. The van der Waals surface area contributed by atoms with Gasteiger partial charge >= 0.3 is 0 Å². The third kappa shape index (κ3) is 4.02. The lowest BCUT2D eigenvalue weighted by Gasteiger charge is -2.19. The fraction of sp³-hybridized carbons (Fsp3) is 0.538. The van der Waals surface area contributed by atoms with Gasteiger partial charge in [0.05, 0.1) is 6.10 Å². The third-order valence-electron chi connectivity index (χ3n) is 2.87. The van der Waals surface area contributed by atoms with Crippen molar-refractivity contribution in [2.24, 2.45) is 5.92 Å². The van der Waals surface area contributed by atoms with Crippen LogP contribution in [0.5, 0.6) is 0 Å². The van der Waals surface area contributed by atoms with Crippen molar-refractivity contribution < 1.29 is 10.2 Å². The molecule has 0 aromatic heterocycles. The molecule has 0 radical (unpaired) electrons. The van der Waals surface area contributed by atoms with Gasteiger partial charge in [-0.05, 0) is 24.8 Å². The second-order valence-corrected chi connectivity index (χ2v) is 3.94. The summed E-state index contributed by atoms with van der Waals surface area (Å²) in [7, 11) is 0. The fourth-order valence-corrected chi connectivity index (χ4v) is 1.72. The van der Waals surface area contributed by atoms with Gasteiger partial charge in [0, 0.05) is 12.5 Å². The van der Waals surface area contributed by atoms with Gasteiger partial charge in [0.2, 0.25) is 0 Å². The van der Waals surface area contributed by atoms with Crippen LogP contribution in [0.1, 0.15) is 25.3 Å². The molecule has 0 aliphatic carbocycles. The lowest BCUT2D eigenvalue weighted by Crippen LogP contribution is -2.23.